The number of rotatable bonds is 7. The van der Waals surface area contributed by atoms with Crippen LogP contribution in [0.1, 0.15) is 38.1 Å². The molecule has 2 N–H and O–H groups in total. The average molecular weight is 373 g/mol. The number of nitrogens with one attached hydrogen (secondary N) is 1. The number of phenols is 1. The first-order valence-corrected chi connectivity index (χ1v) is 9.88. The van der Waals surface area contributed by atoms with Crippen LogP contribution >= 0.6 is 21.8 Å². The Hall–Kier alpha value is -1.54. The summed E-state index contributed by atoms with van der Waals surface area (Å²) in [5.74, 6) is 0.251. The second-order valence-corrected chi connectivity index (χ2v) is 8.23. The molecule has 0 aliphatic carbocycles. The molecule has 2 amide bonds. The Bertz CT molecular complexity index is 561. The van der Waals surface area contributed by atoms with Crippen molar-refractivity contribution in [2.24, 2.45) is 0 Å². The standard InChI is InChI=1S/C16H24N2O4S2/c1-5-18(15(21)22-16(2,3)4)24-23-11-10-17-14(20)12-8-6-7-9-13(12)19/h6-9,19H,5,10-11H2,1-4H3,(H,17,20). The summed E-state index contributed by atoms with van der Waals surface area (Å²) in [6, 6.07) is 6.39. The topological polar surface area (TPSA) is 78.9 Å². The minimum Gasteiger partial charge on any atom is -0.507 e. The van der Waals surface area contributed by atoms with Gasteiger partial charge in [-0.3, -0.25) is 4.79 Å². The third-order valence-electron chi connectivity index (χ3n) is 2.65. The van der Waals surface area contributed by atoms with E-state index in [0.29, 0.717) is 18.8 Å². The highest BCUT2D eigenvalue weighted by Crippen LogP contribution is 2.27. The first-order valence-electron chi connectivity index (χ1n) is 7.61. The predicted octanol–water partition coefficient (Wildman–Crippen LogP) is 3.68. The van der Waals surface area contributed by atoms with E-state index in [0.717, 1.165) is 0 Å². The number of nitrogens with zero attached hydrogens (tertiary/aromatic N) is 1. The number of hydrogen-bond acceptors (Lipinski definition) is 6. The van der Waals surface area contributed by atoms with Gasteiger partial charge in [-0.1, -0.05) is 22.9 Å². The molecule has 1 rings (SSSR count). The van der Waals surface area contributed by atoms with Crippen LogP contribution in [0, 0.1) is 0 Å². The van der Waals surface area contributed by atoms with Crippen molar-refractivity contribution in [3.8, 4) is 5.75 Å². The van der Waals surface area contributed by atoms with Gasteiger partial charge >= 0.3 is 6.09 Å². The van der Waals surface area contributed by atoms with Crippen LogP contribution in [0.3, 0.4) is 0 Å². The Labute approximate surface area is 150 Å². The summed E-state index contributed by atoms with van der Waals surface area (Å²) in [4.78, 5) is 23.9. The summed E-state index contributed by atoms with van der Waals surface area (Å²) in [6.45, 7) is 8.30. The molecule has 134 valence electrons. The molecule has 0 aliphatic rings. The fourth-order valence-corrected chi connectivity index (χ4v) is 3.54. The van der Waals surface area contributed by atoms with E-state index >= 15 is 0 Å². The van der Waals surface area contributed by atoms with Crippen molar-refractivity contribution in [1.82, 2.24) is 9.62 Å². The van der Waals surface area contributed by atoms with Gasteiger partial charge in [-0.25, -0.2) is 9.10 Å². The Balaban J connectivity index is 2.31. The molecule has 1 aromatic rings. The highest BCUT2D eigenvalue weighted by atomic mass is 33.1. The van der Waals surface area contributed by atoms with Gasteiger partial charge in [0.1, 0.15) is 11.4 Å². The van der Waals surface area contributed by atoms with Gasteiger partial charge < -0.3 is 15.2 Å². The average Bonchev–Trinajstić information content (AvgIpc) is 2.49. The number of amides is 2. The number of phenolic OH excluding ortho intramolecular Hbond substituents is 1. The molecule has 1 aromatic carbocycles. The van der Waals surface area contributed by atoms with E-state index in [1.807, 2.05) is 27.7 Å². The Morgan fingerprint density at radius 3 is 2.54 bits per heavy atom. The number of ether oxygens (including phenoxy) is 1. The largest absolute Gasteiger partial charge is 0.507 e. The molecule has 0 radical (unpaired) electrons. The summed E-state index contributed by atoms with van der Waals surface area (Å²) in [6.07, 6.45) is -0.374. The summed E-state index contributed by atoms with van der Waals surface area (Å²) in [5.41, 5.74) is -0.277. The van der Waals surface area contributed by atoms with Crippen LogP contribution in [-0.2, 0) is 4.74 Å². The van der Waals surface area contributed by atoms with Crippen molar-refractivity contribution >= 4 is 33.8 Å². The van der Waals surface area contributed by atoms with Crippen molar-refractivity contribution in [2.75, 3.05) is 18.8 Å². The van der Waals surface area contributed by atoms with Gasteiger partial charge in [-0.15, -0.1) is 0 Å². The lowest BCUT2D eigenvalue weighted by molar-refractivity contribution is 0.0413. The quantitative estimate of drug-likeness (QED) is 0.432. The van der Waals surface area contributed by atoms with Gasteiger partial charge in [0.2, 0.25) is 0 Å². The first-order chi connectivity index (χ1) is 11.2. The van der Waals surface area contributed by atoms with E-state index in [-0.39, 0.29) is 23.3 Å². The van der Waals surface area contributed by atoms with E-state index in [1.54, 1.807) is 18.2 Å². The summed E-state index contributed by atoms with van der Waals surface area (Å²) < 4.78 is 6.84. The maximum Gasteiger partial charge on any atom is 0.421 e. The highest BCUT2D eigenvalue weighted by Gasteiger charge is 2.21. The molecule has 8 heteroatoms. The molecular weight excluding hydrogens is 348 g/mol. The van der Waals surface area contributed by atoms with Gasteiger partial charge in [0.25, 0.3) is 5.91 Å². The van der Waals surface area contributed by atoms with Crippen molar-refractivity contribution in [1.29, 1.82) is 0 Å². The zero-order valence-corrected chi connectivity index (χ0v) is 16.0. The molecule has 0 atom stereocenters. The number of carbonyl (C=O) groups is 2. The van der Waals surface area contributed by atoms with Crippen LogP contribution in [0.25, 0.3) is 0 Å². The van der Waals surface area contributed by atoms with Crippen LogP contribution in [0.5, 0.6) is 5.75 Å². The Morgan fingerprint density at radius 2 is 1.96 bits per heavy atom. The third-order valence-corrected chi connectivity index (χ3v) is 5.07. The minimum atomic E-state index is -0.526. The Morgan fingerprint density at radius 1 is 1.29 bits per heavy atom. The third kappa shape index (κ3) is 7.35. The maximum absolute atomic E-state index is 12.0. The van der Waals surface area contributed by atoms with Gasteiger partial charge in [-0.05, 0) is 39.8 Å². The van der Waals surface area contributed by atoms with Crippen molar-refractivity contribution in [2.45, 2.75) is 33.3 Å². The minimum absolute atomic E-state index is 0.0425. The van der Waals surface area contributed by atoms with Crippen molar-refractivity contribution in [3.05, 3.63) is 29.8 Å². The molecule has 0 saturated heterocycles. The number of para-hydroxylation sites is 1. The van der Waals surface area contributed by atoms with Gasteiger partial charge in [0, 0.05) is 29.8 Å². The number of hydrogen-bond donors (Lipinski definition) is 2. The van der Waals surface area contributed by atoms with Crippen molar-refractivity contribution < 1.29 is 19.4 Å². The maximum atomic E-state index is 12.0. The number of carbonyl (C=O) groups excluding carboxylic acids is 2. The molecule has 0 heterocycles. The molecular formula is C16H24N2O4S2. The van der Waals surface area contributed by atoms with Crippen molar-refractivity contribution in [3.63, 3.8) is 0 Å². The molecule has 0 aromatic heterocycles. The van der Waals surface area contributed by atoms with Crippen LogP contribution < -0.4 is 5.32 Å². The SMILES string of the molecule is CCN(SSCCNC(=O)c1ccccc1O)C(=O)OC(C)(C)C. The zero-order chi connectivity index (χ0) is 18.2. The van der Waals surface area contributed by atoms with E-state index in [1.165, 1.54) is 32.1 Å². The lowest BCUT2D eigenvalue weighted by Crippen LogP contribution is -2.32. The van der Waals surface area contributed by atoms with E-state index in [2.05, 4.69) is 5.32 Å². The molecule has 0 spiro atoms. The monoisotopic (exact) mass is 372 g/mol. The molecule has 0 saturated carbocycles. The second kappa shape index (κ2) is 9.68. The van der Waals surface area contributed by atoms with Crippen LogP contribution in [0.15, 0.2) is 24.3 Å². The zero-order valence-electron chi connectivity index (χ0n) is 14.4. The molecule has 0 bridgehead atoms. The molecule has 0 unspecified atom stereocenters. The van der Waals surface area contributed by atoms with Crippen LogP contribution in [0.2, 0.25) is 0 Å². The molecule has 6 nitrogen and oxygen atoms in total. The highest BCUT2D eigenvalue weighted by molar-refractivity contribution is 8.75. The Kier molecular flexibility index (Phi) is 8.27. The lowest BCUT2D eigenvalue weighted by atomic mass is 10.2. The van der Waals surface area contributed by atoms with E-state index in [4.69, 9.17) is 4.74 Å². The first kappa shape index (κ1) is 20.5. The normalized spacial score (nSPS) is 11.0. The smallest absolute Gasteiger partial charge is 0.421 e. The molecule has 24 heavy (non-hydrogen) atoms. The summed E-state index contributed by atoms with van der Waals surface area (Å²) in [7, 11) is 2.74. The molecule has 0 fully saturated rings. The van der Waals surface area contributed by atoms with Gasteiger partial charge in [-0.2, -0.15) is 0 Å². The summed E-state index contributed by atoms with van der Waals surface area (Å²) >= 11 is 0. The van der Waals surface area contributed by atoms with Crippen LogP contribution in [-0.4, -0.2) is 45.9 Å². The fourth-order valence-electron chi connectivity index (χ4n) is 1.59. The second-order valence-electron chi connectivity index (χ2n) is 5.84. The van der Waals surface area contributed by atoms with E-state index < -0.39 is 5.60 Å². The number of benzene rings is 1. The van der Waals surface area contributed by atoms with Gasteiger partial charge in [0.05, 0.1) is 5.56 Å². The fraction of sp³-hybridized carbons (Fsp3) is 0.500. The lowest BCUT2D eigenvalue weighted by Gasteiger charge is -2.25. The molecule has 0 aliphatic heterocycles. The number of aromatic hydroxyl groups is 1. The van der Waals surface area contributed by atoms with Crippen LogP contribution in [0.4, 0.5) is 4.79 Å². The predicted molar refractivity (Wildman–Crippen MR) is 99.1 cm³/mol. The summed E-state index contributed by atoms with van der Waals surface area (Å²) in [5, 5.41) is 12.3. The van der Waals surface area contributed by atoms with Gasteiger partial charge in [0.15, 0.2) is 0 Å². The van der Waals surface area contributed by atoms with E-state index in [9.17, 15) is 14.7 Å².